The van der Waals surface area contributed by atoms with Crippen LogP contribution in [0.3, 0.4) is 0 Å². The van der Waals surface area contributed by atoms with Crippen molar-refractivity contribution in [2.24, 2.45) is 0 Å². The number of hydrogen-bond acceptors (Lipinski definition) is 5. The number of nitrogens with zero attached hydrogens (tertiary/aromatic N) is 2. The van der Waals surface area contributed by atoms with Gasteiger partial charge < -0.3 is 14.5 Å². The van der Waals surface area contributed by atoms with Crippen LogP contribution < -0.4 is 5.32 Å². The standard InChI is InChI=1S/C26H30FN3O3/c1-18-5-6-19(2)21(12-18)15-30(14-20-7-9-22(27)10-8-20)16-25-29-24(17-33-25)26(31)28-13-23-4-3-11-32-23/h5-10,12,17,23H,3-4,11,13-16H2,1-2H3,(H,28,31)/t23-/m1/s1. The summed E-state index contributed by atoms with van der Waals surface area (Å²) < 4.78 is 24.5. The topological polar surface area (TPSA) is 67.6 Å². The minimum Gasteiger partial charge on any atom is -0.447 e. The zero-order valence-electron chi connectivity index (χ0n) is 19.1. The second-order valence-corrected chi connectivity index (χ2v) is 8.67. The highest BCUT2D eigenvalue weighted by Gasteiger charge is 2.19. The number of carbonyl (C=O) groups is 1. The second-order valence-electron chi connectivity index (χ2n) is 8.67. The number of nitrogens with one attached hydrogen (secondary N) is 1. The smallest absolute Gasteiger partial charge is 0.273 e. The van der Waals surface area contributed by atoms with E-state index in [1.165, 1.54) is 35.1 Å². The van der Waals surface area contributed by atoms with Gasteiger partial charge in [-0.2, -0.15) is 0 Å². The molecule has 7 heteroatoms. The summed E-state index contributed by atoms with van der Waals surface area (Å²) in [5.41, 5.74) is 4.85. The SMILES string of the molecule is Cc1ccc(C)c(CN(Cc2ccc(F)cc2)Cc2nc(C(=O)NC[C@H]3CCCO3)co2)c1. The first kappa shape index (κ1) is 23.1. The minimum absolute atomic E-state index is 0.0732. The van der Waals surface area contributed by atoms with E-state index in [1.807, 2.05) is 0 Å². The molecule has 0 spiro atoms. The Morgan fingerprint density at radius 3 is 2.73 bits per heavy atom. The van der Waals surface area contributed by atoms with Crippen LogP contribution in [0.5, 0.6) is 0 Å². The van der Waals surface area contributed by atoms with E-state index in [9.17, 15) is 9.18 Å². The zero-order chi connectivity index (χ0) is 23.2. The highest BCUT2D eigenvalue weighted by atomic mass is 19.1. The molecule has 1 aliphatic rings. The normalized spacial score (nSPS) is 15.8. The number of hydrogen-bond donors (Lipinski definition) is 1. The molecular formula is C26H30FN3O3. The Labute approximate surface area is 193 Å². The van der Waals surface area contributed by atoms with Crippen LogP contribution in [0.25, 0.3) is 0 Å². The molecule has 0 radical (unpaired) electrons. The van der Waals surface area contributed by atoms with Gasteiger partial charge in [0.1, 0.15) is 12.1 Å². The largest absolute Gasteiger partial charge is 0.447 e. The van der Waals surface area contributed by atoms with Crippen LogP contribution in [0, 0.1) is 19.7 Å². The average molecular weight is 452 g/mol. The molecule has 2 aromatic carbocycles. The number of ether oxygens (including phenoxy) is 1. The summed E-state index contributed by atoms with van der Waals surface area (Å²) in [5, 5.41) is 2.87. The lowest BCUT2D eigenvalue weighted by atomic mass is 10.0. The number of benzene rings is 2. The van der Waals surface area contributed by atoms with E-state index in [0.717, 1.165) is 25.0 Å². The Kier molecular flexibility index (Phi) is 7.52. The molecule has 0 unspecified atom stereocenters. The Morgan fingerprint density at radius 1 is 1.15 bits per heavy atom. The van der Waals surface area contributed by atoms with Crippen LogP contribution in [-0.2, 0) is 24.4 Å². The molecule has 3 aromatic rings. The molecule has 2 heterocycles. The lowest BCUT2D eigenvalue weighted by Crippen LogP contribution is -2.32. The van der Waals surface area contributed by atoms with Gasteiger partial charge in [0.2, 0.25) is 5.89 Å². The summed E-state index contributed by atoms with van der Waals surface area (Å²) in [7, 11) is 0. The Bertz CT molecular complexity index is 1070. The number of aromatic nitrogens is 1. The van der Waals surface area contributed by atoms with Gasteiger partial charge in [-0.3, -0.25) is 9.69 Å². The van der Waals surface area contributed by atoms with E-state index in [2.05, 4.69) is 47.2 Å². The Morgan fingerprint density at radius 2 is 1.97 bits per heavy atom. The van der Waals surface area contributed by atoms with Crippen molar-refractivity contribution in [3.05, 3.63) is 88.4 Å². The number of rotatable bonds is 9. The van der Waals surface area contributed by atoms with Crippen molar-refractivity contribution < 1.29 is 18.3 Å². The summed E-state index contributed by atoms with van der Waals surface area (Å²) in [5.74, 6) is -0.0593. The molecular weight excluding hydrogens is 421 g/mol. The maximum absolute atomic E-state index is 13.4. The van der Waals surface area contributed by atoms with Gasteiger partial charge in [0.25, 0.3) is 5.91 Å². The number of oxazole rings is 1. The van der Waals surface area contributed by atoms with Crippen LogP contribution >= 0.6 is 0 Å². The molecule has 0 saturated carbocycles. The fraction of sp³-hybridized carbons (Fsp3) is 0.385. The number of halogens is 1. The lowest BCUT2D eigenvalue weighted by molar-refractivity contribution is 0.0853. The third-order valence-corrected chi connectivity index (χ3v) is 5.88. The third-order valence-electron chi connectivity index (χ3n) is 5.88. The molecule has 1 atom stereocenters. The molecule has 1 aromatic heterocycles. The number of amides is 1. The summed E-state index contributed by atoms with van der Waals surface area (Å²) in [6.45, 7) is 7.08. The molecule has 4 rings (SSSR count). The molecule has 174 valence electrons. The molecule has 0 aliphatic carbocycles. The van der Waals surface area contributed by atoms with Gasteiger partial charge in [0.05, 0.1) is 12.6 Å². The van der Waals surface area contributed by atoms with E-state index < -0.39 is 0 Å². The first-order chi connectivity index (χ1) is 16.0. The van der Waals surface area contributed by atoms with E-state index in [1.54, 1.807) is 12.1 Å². The van der Waals surface area contributed by atoms with Crippen molar-refractivity contribution in [1.82, 2.24) is 15.2 Å². The van der Waals surface area contributed by atoms with Gasteiger partial charge in [-0.05, 0) is 55.5 Å². The van der Waals surface area contributed by atoms with Gasteiger partial charge in [0.15, 0.2) is 5.69 Å². The molecule has 1 aliphatic heterocycles. The van der Waals surface area contributed by atoms with Gasteiger partial charge in [-0.25, -0.2) is 9.37 Å². The van der Waals surface area contributed by atoms with Gasteiger partial charge >= 0.3 is 0 Å². The Hall–Kier alpha value is -3.03. The van der Waals surface area contributed by atoms with Crippen LogP contribution in [0.4, 0.5) is 4.39 Å². The van der Waals surface area contributed by atoms with Gasteiger partial charge in [-0.15, -0.1) is 0 Å². The summed E-state index contributed by atoms with van der Waals surface area (Å²) in [6.07, 6.45) is 3.46. The molecule has 1 N–H and O–H groups in total. The zero-order valence-corrected chi connectivity index (χ0v) is 19.1. The highest BCUT2D eigenvalue weighted by molar-refractivity contribution is 5.91. The highest BCUT2D eigenvalue weighted by Crippen LogP contribution is 2.18. The van der Waals surface area contributed by atoms with Crippen molar-refractivity contribution in [3.63, 3.8) is 0 Å². The van der Waals surface area contributed by atoms with Crippen LogP contribution in [-0.4, -0.2) is 35.0 Å². The van der Waals surface area contributed by atoms with Crippen molar-refractivity contribution in [1.29, 1.82) is 0 Å². The van der Waals surface area contributed by atoms with Crippen molar-refractivity contribution >= 4 is 5.91 Å². The number of aryl methyl sites for hydroxylation is 2. The predicted molar refractivity (Wildman–Crippen MR) is 123 cm³/mol. The molecule has 33 heavy (non-hydrogen) atoms. The van der Waals surface area contributed by atoms with Crippen LogP contribution in [0.1, 0.15) is 51.5 Å². The monoisotopic (exact) mass is 451 g/mol. The van der Waals surface area contributed by atoms with Crippen molar-refractivity contribution in [2.75, 3.05) is 13.2 Å². The van der Waals surface area contributed by atoms with Gasteiger partial charge in [0, 0.05) is 26.2 Å². The van der Waals surface area contributed by atoms with E-state index in [-0.39, 0.29) is 23.5 Å². The van der Waals surface area contributed by atoms with Crippen LogP contribution in [0.15, 0.2) is 53.1 Å². The third kappa shape index (κ3) is 6.49. The van der Waals surface area contributed by atoms with Crippen molar-refractivity contribution in [3.8, 4) is 0 Å². The predicted octanol–water partition coefficient (Wildman–Crippen LogP) is 4.54. The first-order valence-electron chi connectivity index (χ1n) is 11.3. The quantitative estimate of drug-likeness (QED) is 0.517. The fourth-order valence-corrected chi connectivity index (χ4v) is 4.01. The first-order valence-corrected chi connectivity index (χ1v) is 11.3. The maximum atomic E-state index is 13.4. The van der Waals surface area contributed by atoms with Crippen molar-refractivity contribution in [2.45, 2.75) is 52.4 Å². The van der Waals surface area contributed by atoms with E-state index >= 15 is 0 Å². The lowest BCUT2D eigenvalue weighted by Gasteiger charge is -2.22. The van der Waals surface area contributed by atoms with E-state index in [4.69, 9.17) is 9.15 Å². The fourth-order valence-electron chi connectivity index (χ4n) is 4.01. The number of carbonyl (C=O) groups excluding carboxylic acids is 1. The molecule has 1 fully saturated rings. The second kappa shape index (κ2) is 10.7. The minimum atomic E-state index is -0.264. The molecule has 6 nitrogen and oxygen atoms in total. The molecule has 1 amide bonds. The summed E-state index contributed by atoms with van der Waals surface area (Å²) in [4.78, 5) is 19.0. The van der Waals surface area contributed by atoms with Crippen LogP contribution in [0.2, 0.25) is 0 Å². The summed E-state index contributed by atoms with van der Waals surface area (Å²) >= 11 is 0. The maximum Gasteiger partial charge on any atom is 0.273 e. The average Bonchev–Trinajstić information content (AvgIpc) is 3.48. The summed E-state index contributed by atoms with van der Waals surface area (Å²) in [6, 6.07) is 12.9. The molecule has 1 saturated heterocycles. The molecule has 0 bridgehead atoms. The Balaban J connectivity index is 1.45. The van der Waals surface area contributed by atoms with Gasteiger partial charge in [-0.1, -0.05) is 35.9 Å². The van der Waals surface area contributed by atoms with E-state index in [0.29, 0.717) is 32.1 Å².